The van der Waals surface area contributed by atoms with E-state index < -0.39 is 0 Å². The Morgan fingerprint density at radius 1 is 1.47 bits per heavy atom. The van der Waals surface area contributed by atoms with Gasteiger partial charge in [-0.1, -0.05) is 12.0 Å². The number of thiophene rings is 1. The van der Waals surface area contributed by atoms with E-state index in [4.69, 9.17) is 4.42 Å². The third-order valence-corrected chi connectivity index (χ3v) is 2.69. The van der Waals surface area contributed by atoms with Crippen LogP contribution in [0.15, 0.2) is 21.2 Å². The van der Waals surface area contributed by atoms with Gasteiger partial charge in [-0.2, -0.15) is 11.3 Å². The molecular weight excluding hydrogens is 210 g/mol. The molecule has 2 heterocycles. The van der Waals surface area contributed by atoms with Crippen molar-refractivity contribution in [3.05, 3.63) is 28.3 Å². The van der Waals surface area contributed by atoms with Crippen molar-refractivity contribution in [1.82, 2.24) is 10.2 Å². The number of anilines is 1. The molecule has 0 unspecified atom stereocenters. The summed E-state index contributed by atoms with van der Waals surface area (Å²) in [5, 5.41) is 15.1. The number of hydrogen-bond donors (Lipinski definition) is 1. The van der Waals surface area contributed by atoms with Gasteiger partial charge in [-0.15, -0.1) is 5.10 Å². The Kier molecular flexibility index (Phi) is 3.34. The van der Waals surface area contributed by atoms with Gasteiger partial charge in [0.1, 0.15) is 0 Å². The maximum absolute atomic E-state index is 5.39. The zero-order chi connectivity index (χ0) is 10.5. The molecule has 0 spiro atoms. The van der Waals surface area contributed by atoms with Crippen LogP contribution in [0, 0.1) is 0 Å². The van der Waals surface area contributed by atoms with Crippen LogP contribution in [0.5, 0.6) is 0 Å². The van der Waals surface area contributed by atoms with Crippen molar-refractivity contribution in [1.29, 1.82) is 0 Å². The molecule has 0 aliphatic heterocycles. The highest BCUT2D eigenvalue weighted by Crippen LogP contribution is 2.11. The van der Waals surface area contributed by atoms with Crippen LogP contribution in [-0.4, -0.2) is 10.2 Å². The van der Waals surface area contributed by atoms with Gasteiger partial charge in [0.15, 0.2) is 0 Å². The minimum Gasteiger partial charge on any atom is -0.408 e. The molecule has 2 aromatic rings. The summed E-state index contributed by atoms with van der Waals surface area (Å²) in [6.45, 7) is 2.82. The highest BCUT2D eigenvalue weighted by Gasteiger charge is 2.04. The van der Waals surface area contributed by atoms with Crippen molar-refractivity contribution in [3.63, 3.8) is 0 Å². The second-order valence-corrected chi connectivity index (χ2v) is 4.02. The van der Waals surface area contributed by atoms with E-state index in [9.17, 15) is 0 Å². The molecule has 4 nitrogen and oxygen atoms in total. The van der Waals surface area contributed by atoms with Crippen molar-refractivity contribution in [2.45, 2.75) is 26.3 Å². The highest BCUT2D eigenvalue weighted by atomic mass is 32.1. The monoisotopic (exact) mass is 223 g/mol. The lowest BCUT2D eigenvalue weighted by Crippen LogP contribution is -1.97. The predicted molar refractivity (Wildman–Crippen MR) is 59.9 cm³/mol. The number of nitrogens with zero attached hydrogens (tertiary/aromatic N) is 2. The topological polar surface area (TPSA) is 51.0 Å². The predicted octanol–water partition coefficient (Wildman–Crippen LogP) is 2.70. The first-order valence-corrected chi connectivity index (χ1v) is 5.90. The zero-order valence-corrected chi connectivity index (χ0v) is 9.38. The van der Waals surface area contributed by atoms with E-state index in [-0.39, 0.29) is 0 Å². The first-order valence-electron chi connectivity index (χ1n) is 4.96. The number of aryl methyl sites for hydroxylation is 1. The zero-order valence-electron chi connectivity index (χ0n) is 8.56. The van der Waals surface area contributed by atoms with Crippen LogP contribution < -0.4 is 5.32 Å². The van der Waals surface area contributed by atoms with Crippen molar-refractivity contribution >= 4 is 17.4 Å². The minimum atomic E-state index is 0.504. The lowest BCUT2D eigenvalue weighted by atomic mass is 10.3. The summed E-state index contributed by atoms with van der Waals surface area (Å²) in [7, 11) is 0. The highest BCUT2D eigenvalue weighted by molar-refractivity contribution is 7.07. The van der Waals surface area contributed by atoms with Crippen LogP contribution in [0.2, 0.25) is 0 Å². The van der Waals surface area contributed by atoms with Crippen LogP contribution in [0.3, 0.4) is 0 Å². The maximum Gasteiger partial charge on any atom is 0.315 e. The molecule has 0 aliphatic rings. The summed E-state index contributed by atoms with van der Waals surface area (Å²) < 4.78 is 5.39. The molecule has 0 saturated carbocycles. The summed E-state index contributed by atoms with van der Waals surface area (Å²) in [5.41, 5.74) is 1.23. The Balaban J connectivity index is 1.88. The molecule has 5 heteroatoms. The van der Waals surface area contributed by atoms with Gasteiger partial charge in [-0.05, 0) is 28.8 Å². The Bertz CT molecular complexity index is 396. The van der Waals surface area contributed by atoms with Crippen molar-refractivity contribution in [2.75, 3.05) is 5.32 Å². The maximum atomic E-state index is 5.39. The normalized spacial score (nSPS) is 10.5. The van der Waals surface area contributed by atoms with Gasteiger partial charge in [0.05, 0.1) is 0 Å². The standard InChI is InChI=1S/C10H13N3OS/c1-2-3-9-12-13-10(14-9)11-6-8-4-5-15-7-8/h4-5,7H,2-3,6H2,1H3,(H,11,13). The molecule has 15 heavy (non-hydrogen) atoms. The fourth-order valence-electron chi connectivity index (χ4n) is 1.21. The SMILES string of the molecule is CCCc1nnc(NCc2ccsc2)o1. The largest absolute Gasteiger partial charge is 0.408 e. The van der Waals surface area contributed by atoms with E-state index in [0.29, 0.717) is 11.9 Å². The molecule has 0 fully saturated rings. The van der Waals surface area contributed by atoms with Crippen LogP contribution in [-0.2, 0) is 13.0 Å². The molecule has 0 aromatic carbocycles. The molecule has 0 amide bonds. The van der Waals surface area contributed by atoms with Gasteiger partial charge >= 0.3 is 6.01 Å². The average molecular weight is 223 g/mol. The lowest BCUT2D eigenvalue weighted by molar-refractivity contribution is 0.501. The Morgan fingerprint density at radius 3 is 3.13 bits per heavy atom. The van der Waals surface area contributed by atoms with Crippen LogP contribution in [0.25, 0.3) is 0 Å². The second kappa shape index (κ2) is 4.93. The molecule has 0 atom stereocenters. The lowest BCUT2D eigenvalue weighted by Gasteiger charge is -1.97. The summed E-state index contributed by atoms with van der Waals surface area (Å²) in [6.07, 6.45) is 1.86. The Labute approximate surface area is 92.3 Å². The molecule has 80 valence electrons. The average Bonchev–Trinajstić information content (AvgIpc) is 2.85. The fraction of sp³-hybridized carbons (Fsp3) is 0.400. The third kappa shape index (κ3) is 2.79. The van der Waals surface area contributed by atoms with E-state index in [2.05, 4.69) is 33.9 Å². The van der Waals surface area contributed by atoms with Gasteiger partial charge in [-0.25, -0.2) is 0 Å². The molecule has 0 radical (unpaired) electrons. The number of rotatable bonds is 5. The molecule has 2 aromatic heterocycles. The summed E-state index contributed by atoms with van der Waals surface area (Å²) >= 11 is 1.68. The van der Waals surface area contributed by atoms with E-state index >= 15 is 0 Å². The third-order valence-electron chi connectivity index (χ3n) is 1.95. The second-order valence-electron chi connectivity index (χ2n) is 3.24. The first kappa shape index (κ1) is 10.2. The Morgan fingerprint density at radius 2 is 2.40 bits per heavy atom. The van der Waals surface area contributed by atoms with E-state index in [0.717, 1.165) is 19.4 Å². The van der Waals surface area contributed by atoms with E-state index in [1.54, 1.807) is 11.3 Å². The molecule has 0 aliphatic carbocycles. The molecule has 2 rings (SSSR count). The molecule has 1 N–H and O–H groups in total. The van der Waals surface area contributed by atoms with Crippen molar-refractivity contribution < 1.29 is 4.42 Å². The van der Waals surface area contributed by atoms with Crippen molar-refractivity contribution in [2.24, 2.45) is 0 Å². The van der Waals surface area contributed by atoms with Gasteiger partial charge < -0.3 is 9.73 Å². The summed E-state index contributed by atoms with van der Waals surface area (Å²) in [4.78, 5) is 0. The molecular formula is C10H13N3OS. The van der Waals surface area contributed by atoms with Crippen LogP contribution >= 0.6 is 11.3 Å². The van der Waals surface area contributed by atoms with E-state index in [1.807, 2.05) is 5.38 Å². The van der Waals surface area contributed by atoms with Gasteiger partial charge in [0, 0.05) is 13.0 Å². The smallest absolute Gasteiger partial charge is 0.315 e. The molecule has 0 saturated heterocycles. The first-order chi connectivity index (χ1) is 7.38. The quantitative estimate of drug-likeness (QED) is 0.846. The Hall–Kier alpha value is -1.36. The summed E-state index contributed by atoms with van der Waals surface area (Å²) in [5.74, 6) is 0.699. The van der Waals surface area contributed by atoms with Crippen molar-refractivity contribution in [3.8, 4) is 0 Å². The number of aromatic nitrogens is 2. The number of hydrogen-bond acceptors (Lipinski definition) is 5. The van der Waals surface area contributed by atoms with E-state index in [1.165, 1.54) is 5.56 Å². The van der Waals surface area contributed by atoms with Gasteiger partial charge in [0.25, 0.3) is 0 Å². The number of nitrogens with one attached hydrogen (secondary N) is 1. The summed E-state index contributed by atoms with van der Waals surface area (Å²) in [6, 6.07) is 2.57. The fourth-order valence-corrected chi connectivity index (χ4v) is 1.88. The van der Waals surface area contributed by atoms with Crippen LogP contribution in [0.4, 0.5) is 6.01 Å². The minimum absolute atomic E-state index is 0.504. The van der Waals surface area contributed by atoms with Gasteiger partial charge in [-0.3, -0.25) is 0 Å². The van der Waals surface area contributed by atoms with Crippen LogP contribution in [0.1, 0.15) is 24.8 Å². The molecule has 0 bridgehead atoms. The van der Waals surface area contributed by atoms with Gasteiger partial charge in [0.2, 0.25) is 5.89 Å².